The molecule has 0 spiro atoms. The second kappa shape index (κ2) is 6.83. The lowest BCUT2D eigenvalue weighted by atomic mass is 10.4. The highest BCUT2D eigenvalue weighted by molar-refractivity contribution is 6.02. The number of ether oxygens (including phenoxy) is 2. The van der Waals surface area contributed by atoms with Gasteiger partial charge in [-0.05, 0) is 13.0 Å². The Morgan fingerprint density at radius 3 is 3.00 bits per heavy atom. The molecule has 8 nitrogen and oxygen atoms in total. The number of nitrogens with zero attached hydrogens (tertiary/aromatic N) is 4. The predicted octanol–water partition coefficient (Wildman–Crippen LogP) is 0.930. The number of carbonyl (C=O) groups is 1. The number of carbonyl (C=O) groups excluding carboxylic acids is 1. The van der Waals surface area contributed by atoms with Crippen molar-refractivity contribution in [1.29, 1.82) is 0 Å². The van der Waals surface area contributed by atoms with E-state index in [0.29, 0.717) is 31.4 Å². The van der Waals surface area contributed by atoms with Gasteiger partial charge in [-0.25, -0.2) is 9.36 Å². The molecule has 0 aromatic carbocycles. The van der Waals surface area contributed by atoms with Crippen LogP contribution in [0.2, 0.25) is 0 Å². The van der Waals surface area contributed by atoms with Crippen LogP contribution in [0.4, 0.5) is 5.69 Å². The summed E-state index contributed by atoms with van der Waals surface area (Å²) in [6.07, 6.45) is 4.93. The Bertz CT molecular complexity index is 563. The number of hydrogen-bond donors (Lipinski definition) is 1. The maximum Gasteiger partial charge on any atom is 0.276 e. The van der Waals surface area contributed by atoms with E-state index in [-0.39, 0.29) is 5.91 Å². The molecule has 2 heterocycles. The molecule has 2 aromatic rings. The van der Waals surface area contributed by atoms with Crippen molar-refractivity contribution in [3.8, 4) is 0 Å². The molecule has 2 aromatic heterocycles. The van der Waals surface area contributed by atoms with Crippen LogP contribution in [0.1, 0.15) is 17.4 Å². The van der Waals surface area contributed by atoms with Crippen LogP contribution in [-0.2, 0) is 22.9 Å². The van der Waals surface area contributed by atoms with Gasteiger partial charge in [-0.2, -0.15) is 10.2 Å². The van der Waals surface area contributed by atoms with Crippen LogP contribution in [0.5, 0.6) is 0 Å². The van der Waals surface area contributed by atoms with Gasteiger partial charge in [0.1, 0.15) is 13.5 Å². The Morgan fingerprint density at radius 2 is 2.25 bits per heavy atom. The first kappa shape index (κ1) is 14.2. The lowest BCUT2D eigenvalue weighted by Gasteiger charge is -2.01. The molecule has 1 amide bonds. The second-order valence-electron chi connectivity index (χ2n) is 4.00. The fourth-order valence-electron chi connectivity index (χ4n) is 1.57. The quantitative estimate of drug-likeness (QED) is 0.815. The van der Waals surface area contributed by atoms with Crippen molar-refractivity contribution < 1.29 is 14.3 Å². The molecule has 0 bridgehead atoms. The van der Waals surface area contributed by atoms with Crippen LogP contribution in [0.25, 0.3) is 0 Å². The molecule has 0 fully saturated rings. The molecule has 0 aliphatic carbocycles. The minimum Gasteiger partial charge on any atom is -0.362 e. The fourth-order valence-corrected chi connectivity index (χ4v) is 1.57. The first-order chi connectivity index (χ1) is 9.72. The van der Waals surface area contributed by atoms with Gasteiger partial charge < -0.3 is 14.8 Å². The van der Waals surface area contributed by atoms with E-state index >= 15 is 0 Å². The summed E-state index contributed by atoms with van der Waals surface area (Å²) in [7, 11) is 1.56. The first-order valence-electron chi connectivity index (χ1n) is 6.17. The van der Waals surface area contributed by atoms with Gasteiger partial charge >= 0.3 is 0 Å². The molecule has 0 unspecified atom stereocenters. The topological polar surface area (TPSA) is 83.2 Å². The normalized spacial score (nSPS) is 10.7. The van der Waals surface area contributed by atoms with E-state index in [1.54, 1.807) is 36.4 Å². The lowest BCUT2D eigenvalue weighted by Crippen LogP contribution is -2.13. The molecular formula is C12H17N5O3. The van der Waals surface area contributed by atoms with Gasteiger partial charge in [0.05, 0.1) is 18.1 Å². The van der Waals surface area contributed by atoms with E-state index < -0.39 is 0 Å². The number of anilines is 1. The van der Waals surface area contributed by atoms with Gasteiger partial charge in [-0.3, -0.25) is 4.79 Å². The van der Waals surface area contributed by atoms with E-state index in [9.17, 15) is 4.79 Å². The Hall–Kier alpha value is -2.19. The maximum atomic E-state index is 12.0. The van der Waals surface area contributed by atoms with Crippen LogP contribution in [0.15, 0.2) is 24.7 Å². The van der Waals surface area contributed by atoms with Gasteiger partial charge in [-0.15, -0.1) is 0 Å². The summed E-state index contributed by atoms with van der Waals surface area (Å²) in [4.78, 5) is 12.0. The highest BCUT2D eigenvalue weighted by Gasteiger charge is 2.10. The van der Waals surface area contributed by atoms with E-state index in [0.717, 1.165) is 0 Å². The van der Waals surface area contributed by atoms with Crippen molar-refractivity contribution in [2.75, 3.05) is 19.0 Å². The Kier molecular flexibility index (Phi) is 4.85. The summed E-state index contributed by atoms with van der Waals surface area (Å²) in [6.45, 7) is 3.18. The molecule has 0 radical (unpaired) electrons. The van der Waals surface area contributed by atoms with Gasteiger partial charge in [0.25, 0.3) is 5.91 Å². The SMILES string of the molecule is CCOCn1cc(NC(=O)c2ccn(COC)n2)cn1. The zero-order valence-electron chi connectivity index (χ0n) is 11.4. The number of rotatable bonds is 7. The Balaban J connectivity index is 1.94. The Labute approximate surface area is 116 Å². The minimum absolute atomic E-state index is 0.296. The van der Waals surface area contributed by atoms with Crippen molar-refractivity contribution in [1.82, 2.24) is 19.6 Å². The highest BCUT2D eigenvalue weighted by atomic mass is 16.5. The second-order valence-corrected chi connectivity index (χ2v) is 4.00. The predicted molar refractivity (Wildman–Crippen MR) is 71.0 cm³/mol. The monoisotopic (exact) mass is 279 g/mol. The summed E-state index contributed by atoms with van der Waals surface area (Å²) >= 11 is 0. The number of hydrogen-bond acceptors (Lipinski definition) is 5. The molecule has 0 aliphatic heterocycles. The van der Waals surface area contributed by atoms with Crippen LogP contribution < -0.4 is 5.32 Å². The third kappa shape index (κ3) is 3.65. The third-order valence-corrected chi connectivity index (χ3v) is 2.45. The smallest absolute Gasteiger partial charge is 0.276 e. The molecule has 0 atom stereocenters. The van der Waals surface area contributed by atoms with Crippen LogP contribution in [0, 0.1) is 0 Å². The molecule has 0 aliphatic rings. The molecule has 108 valence electrons. The minimum atomic E-state index is -0.296. The summed E-state index contributed by atoms with van der Waals surface area (Å²) in [6, 6.07) is 1.62. The molecule has 1 N–H and O–H groups in total. The number of nitrogens with one attached hydrogen (secondary N) is 1. The summed E-state index contributed by atoms with van der Waals surface area (Å²) in [5.41, 5.74) is 0.913. The number of methoxy groups -OCH3 is 1. The van der Waals surface area contributed by atoms with Gasteiger partial charge in [-0.1, -0.05) is 0 Å². The molecule has 20 heavy (non-hydrogen) atoms. The third-order valence-electron chi connectivity index (χ3n) is 2.45. The zero-order valence-corrected chi connectivity index (χ0v) is 11.4. The molecular weight excluding hydrogens is 262 g/mol. The van der Waals surface area contributed by atoms with Gasteiger partial charge in [0.15, 0.2) is 5.69 Å². The zero-order chi connectivity index (χ0) is 14.4. The van der Waals surface area contributed by atoms with Crippen molar-refractivity contribution in [2.45, 2.75) is 20.4 Å². The van der Waals surface area contributed by atoms with Gasteiger partial charge in [0, 0.05) is 19.9 Å². The van der Waals surface area contributed by atoms with Crippen molar-refractivity contribution in [3.63, 3.8) is 0 Å². The number of aromatic nitrogens is 4. The van der Waals surface area contributed by atoms with E-state index in [1.165, 1.54) is 4.68 Å². The Morgan fingerprint density at radius 1 is 1.40 bits per heavy atom. The summed E-state index contributed by atoms with van der Waals surface area (Å²) < 4.78 is 13.3. The molecule has 0 saturated heterocycles. The van der Waals surface area contributed by atoms with Crippen LogP contribution in [0.3, 0.4) is 0 Å². The average Bonchev–Trinajstić information content (AvgIpc) is 3.06. The molecule has 0 saturated carbocycles. The van der Waals surface area contributed by atoms with E-state index in [1.807, 2.05) is 6.92 Å². The van der Waals surface area contributed by atoms with E-state index in [2.05, 4.69) is 15.5 Å². The van der Waals surface area contributed by atoms with Gasteiger partial charge in [0.2, 0.25) is 0 Å². The largest absolute Gasteiger partial charge is 0.362 e. The van der Waals surface area contributed by atoms with Crippen LogP contribution >= 0.6 is 0 Å². The lowest BCUT2D eigenvalue weighted by molar-refractivity contribution is 0.0792. The highest BCUT2D eigenvalue weighted by Crippen LogP contribution is 2.07. The average molecular weight is 279 g/mol. The van der Waals surface area contributed by atoms with Crippen molar-refractivity contribution >= 4 is 11.6 Å². The van der Waals surface area contributed by atoms with Crippen molar-refractivity contribution in [3.05, 3.63) is 30.4 Å². The standard InChI is InChI=1S/C12H17N5O3/c1-3-20-9-17-7-10(6-13-17)14-12(18)11-4-5-16(15-11)8-19-2/h4-7H,3,8-9H2,1-2H3,(H,14,18). The first-order valence-corrected chi connectivity index (χ1v) is 6.17. The van der Waals surface area contributed by atoms with E-state index in [4.69, 9.17) is 9.47 Å². The molecule has 2 rings (SSSR count). The van der Waals surface area contributed by atoms with Crippen molar-refractivity contribution in [2.24, 2.45) is 0 Å². The van der Waals surface area contributed by atoms with Crippen LogP contribution in [-0.4, -0.2) is 39.2 Å². The number of amides is 1. The summed E-state index contributed by atoms with van der Waals surface area (Å²) in [5.74, 6) is -0.296. The maximum absolute atomic E-state index is 12.0. The summed E-state index contributed by atoms with van der Waals surface area (Å²) in [5, 5.41) is 10.9. The fraction of sp³-hybridized carbons (Fsp3) is 0.417. The molecule has 8 heteroatoms.